The highest BCUT2D eigenvalue weighted by Gasteiger charge is 2.40. The molecule has 104 valence electrons. The Bertz CT molecular complexity index is 190. The molecule has 0 fully saturated rings. The van der Waals surface area contributed by atoms with Crippen LogP contribution < -0.4 is 0 Å². The van der Waals surface area contributed by atoms with Crippen molar-refractivity contribution in [3.05, 3.63) is 0 Å². The van der Waals surface area contributed by atoms with Gasteiger partial charge >= 0.3 is 0 Å². The zero-order valence-corrected chi connectivity index (χ0v) is 18.7. The van der Waals surface area contributed by atoms with Gasteiger partial charge in [0.2, 0.25) is 0 Å². The first-order chi connectivity index (χ1) is 7.53. The van der Waals surface area contributed by atoms with E-state index in [1.165, 1.54) is 19.5 Å². The fraction of sp³-hybridized carbons (Fsp3) is 1.00. The van der Waals surface area contributed by atoms with Crippen LogP contribution in [-0.4, -0.2) is 60.3 Å². The molecular weight excluding hydrogens is 256 g/mol. The normalized spacial score (nSPS) is 14.5. The summed E-state index contributed by atoms with van der Waals surface area (Å²) in [5.41, 5.74) is 0. The van der Waals surface area contributed by atoms with Crippen molar-refractivity contribution in [2.75, 3.05) is 0 Å². The van der Waals surface area contributed by atoms with Crippen LogP contribution in [0.15, 0.2) is 0 Å². The second kappa shape index (κ2) is 6.65. The Kier molecular flexibility index (Phi) is 6.88. The summed E-state index contributed by atoms with van der Waals surface area (Å²) in [6.07, 6.45) is 0. The first kappa shape index (κ1) is 17.6. The number of rotatable bonds is 6. The van der Waals surface area contributed by atoms with Crippen LogP contribution in [0.1, 0.15) is 55.4 Å². The summed E-state index contributed by atoms with van der Waals surface area (Å²) < 4.78 is 5.73. The molecule has 0 aromatic rings. The molecule has 0 aliphatic heterocycles. The molecule has 0 aliphatic rings. The average Bonchev–Trinajstić information content (AvgIpc) is 1.96. The summed E-state index contributed by atoms with van der Waals surface area (Å²) in [4.78, 5) is 0. The lowest BCUT2D eigenvalue weighted by Crippen LogP contribution is -2.73. The Morgan fingerprint density at radius 3 is 0.882 bits per heavy atom. The molecule has 0 saturated carbocycles. The van der Waals surface area contributed by atoms with Crippen molar-refractivity contribution < 1.29 is 0 Å². The third kappa shape index (κ3) is 4.31. The topological polar surface area (TPSA) is 6.48 Å². The maximum atomic E-state index is 2.87. The number of nitrogens with zero attached hydrogens (tertiary/aromatic N) is 2. The van der Waals surface area contributed by atoms with Crippen molar-refractivity contribution in [3.63, 3.8) is 0 Å². The van der Waals surface area contributed by atoms with Gasteiger partial charge in [-0.2, -0.15) is 0 Å². The van der Waals surface area contributed by atoms with E-state index < -0.39 is 7.43 Å². The Morgan fingerprint density at radius 1 is 0.588 bits per heavy atom. The maximum absolute atomic E-state index is 2.87. The van der Waals surface area contributed by atoms with Crippen molar-refractivity contribution in [1.29, 1.82) is 0 Å². The van der Waals surface area contributed by atoms with Gasteiger partial charge in [-0.25, -0.2) is 0 Å². The summed E-state index contributed by atoms with van der Waals surface area (Å²) in [6, 6.07) is 2.77. The van der Waals surface area contributed by atoms with Crippen molar-refractivity contribution >= 4 is 27.0 Å². The minimum atomic E-state index is -1.27. The van der Waals surface area contributed by atoms with Crippen LogP contribution in [-0.2, 0) is 0 Å². The third-order valence-corrected chi connectivity index (χ3v) is 14.3. The van der Waals surface area contributed by atoms with Crippen LogP contribution in [0.4, 0.5) is 0 Å². The van der Waals surface area contributed by atoms with Gasteiger partial charge in [-0.05, 0) is 24.2 Å². The van der Waals surface area contributed by atoms with E-state index in [0.717, 1.165) is 0 Å². The summed E-state index contributed by atoms with van der Waals surface area (Å²) >= 11 is 0. The van der Waals surface area contributed by atoms with Gasteiger partial charge in [0.15, 0.2) is 7.43 Å². The van der Waals surface area contributed by atoms with Crippen LogP contribution in [0, 0.1) is 0 Å². The van der Waals surface area contributed by atoms with E-state index in [0.29, 0.717) is 24.2 Å². The van der Waals surface area contributed by atoms with Gasteiger partial charge in [-0.1, -0.05) is 55.4 Å². The predicted molar refractivity (Wildman–Crippen MR) is 89.9 cm³/mol. The molecule has 0 saturated heterocycles. The second-order valence-electron chi connectivity index (χ2n) is 6.68. The van der Waals surface area contributed by atoms with Gasteiger partial charge in [-0.3, -0.25) is 0 Å². The zero-order valence-electron chi connectivity index (χ0n) is 13.7. The molecule has 0 aliphatic carbocycles. The molecule has 0 amide bonds. The van der Waals surface area contributed by atoms with E-state index in [2.05, 4.69) is 64.5 Å². The Balaban J connectivity index is 5.30. The maximum Gasteiger partial charge on any atom is 0.157 e. The molecule has 0 aromatic heterocycles. The van der Waals surface area contributed by atoms with Crippen LogP contribution in [0.25, 0.3) is 0 Å². The van der Waals surface area contributed by atoms with Gasteiger partial charge in [0, 0.05) is 19.5 Å². The fourth-order valence-corrected chi connectivity index (χ4v) is 21.6. The van der Waals surface area contributed by atoms with E-state index in [1.807, 2.05) is 0 Å². The molecule has 0 heterocycles. The van der Waals surface area contributed by atoms with Crippen LogP contribution in [0.5, 0.6) is 0 Å². The van der Waals surface area contributed by atoms with E-state index >= 15 is 0 Å². The molecule has 0 radical (unpaired) electrons. The van der Waals surface area contributed by atoms with Crippen LogP contribution in [0.3, 0.4) is 0 Å². The lowest BCUT2D eigenvalue weighted by atomic mass is 10.3. The molecule has 0 rings (SSSR count). The third-order valence-electron chi connectivity index (χ3n) is 3.49. The van der Waals surface area contributed by atoms with Gasteiger partial charge in [0.1, 0.15) is 0 Å². The van der Waals surface area contributed by atoms with Crippen molar-refractivity contribution in [2.45, 2.75) is 79.6 Å². The van der Waals surface area contributed by atoms with Gasteiger partial charge < -0.3 is 9.13 Å². The van der Waals surface area contributed by atoms with Crippen molar-refractivity contribution in [1.82, 2.24) is 9.13 Å². The Morgan fingerprint density at radius 2 is 0.765 bits per heavy atom. The largest absolute Gasteiger partial charge is 0.313 e. The fourth-order valence-electron chi connectivity index (χ4n) is 3.85. The molecule has 0 bridgehead atoms. The SMILES string of the molecule is CC(C)N(C(C)C)[Si]([SiH3])([SiH3])N(C(C)C)C(C)C. The summed E-state index contributed by atoms with van der Waals surface area (Å²) in [5, 5.41) is 0. The van der Waals surface area contributed by atoms with Gasteiger partial charge in [-0.15, -0.1) is 0 Å². The lowest BCUT2D eigenvalue weighted by Gasteiger charge is -2.53. The predicted octanol–water partition coefficient (Wildman–Crippen LogP) is 0.390. The molecule has 0 aromatic carbocycles. The van der Waals surface area contributed by atoms with Crippen molar-refractivity contribution in [3.8, 4) is 0 Å². The van der Waals surface area contributed by atoms with E-state index in [9.17, 15) is 0 Å². The molecule has 0 N–H and O–H groups in total. The molecule has 5 heteroatoms. The molecule has 17 heavy (non-hydrogen) atoms. The number of hydrogen-bond donors (Lipinski definition) is 0. The van der Waals surface area contributed by atoms with E-state index in [4.69, 9.17) is 0 Å². The standard InChI is InChI=1S/C12H34N2Si3/c1-9(2)13(10(3)4)17(15,16)14(11(5)6)12(7)8/h9-12H,1-8,15-16H3. The molecular formula is C12H34N2Si3. The smallest absolute Gasteiger partial charge is 0.157 e. The van der Waals surface area contributed by atoms with Gasteiger partial charge in [0.05, 0.1) is 0 Å². The van der Waals surface area contributed by atoms with E-state index in [1.54, 1.807) is 0 Å². The van der Waals surface area contributed by atoms with Crippen molar-refractivity contribution in [2.24, 2.45) is 0 Å². The number of hydrogen-bond acceptors (Lipinski definition) is 2. The molecule has 0 atom stereocenters. The van der Waals surface area contributed by atoms with E-state index in [-0.39, 0.29) is 0 Å². The Labute approximate surface area is 116 Å². The van der Waals surface area contributed by atoms with Crippen LogP contribution >= 0.6 is 0 Å². The summed E-state index contributed by atoms with van der Waals surface area (Å²) in [6.45, 7) is 19.0. The Hall–Kier alpha value is 0.571. The molecule has 0 unspecified atom stereocenters. The highest BCUT2D eigenvalue weighted by atomic mass is 29.6. The average molecular weight is 291 g/mol. The highest BCUT2D eigenvalue weighted by molar-refractivity contribution is 7.38. The molecule has 0 spiro atoms. The first-order valence-corrected chi connectivity index (χ1v) is 16.0. The quantitative estimate of drug-likeness (QED) is 0.653. The van der Waals surface area contributed by atoms with Crippen LogP contribution in [0.2, 0.25) is 0 Å². The minimum absolute atomic E-state index is 0.691. The second-order valence-corrected chi connectivity index (χ2v) is 28.1. The lowest BCUT2D eigenvalue weighted by molar-refractivity contribution is 0.226. The summed E-state index contributed by atoms with van der Waals surface area (Å²) in [5.74, 6) is 0. The molecule has 2 nitrogen and oxygen atoms in total. The monoisotopic (exact) mass is 290 g/mol. The zero-order chi connectivity index (χ0) is 14.0. The summed E-state index contributed by atoms with van der Waals surface area (Å²) in [7, 11) is 1.45. The first-order valence-electron chi connectivity index (χ1n) is 7.10. The van der Waals surface area contributed by atoms with Gasteiger partial charge in [0.25, 0.3) is 0 Å². The highest BCUT2D eigenvalue weighted by Crippen LogP contribution is 2.21. The minimum Gasteiger partial charge on any atom is -0.313 e.